The van der Waals surface area contributed by atoms with Crippen molar-refractivity contribution in [3.63, 3.8) is 0 Å². The zero-order valence-corrected chi connectivity index (χ0v) is 18.1. The van der Waals surface area contributed by atoms with Crippen LogP contribution < -0.4 is 5.32 Å². The summed E-state index contributed by atoms with van der Waals surface area (Å²) in [6.07, 6.45) is 3.29. The Hall–Kier alpha value is -2.73. The molecule has 1 amide bonds. The van der Waals surface area contributed by atoms with Crippen molar-refractivity contribution < 1.29 is 14.3 Å². The van der Waals surface area contributed by atoms with Crippen molar-refractivity contribution in [1.29, 1.82) is 0 Å². The summed E-state index contributed by atoms with van der Waals surface area (Å²) < 4.78 is 6.42. The highest BCUT2D eigenvalue weighted by Gasteiger charge is 2.28. The molecule has 1 aliphatic rings. The molecule has 1 aliphatic carbocycles. The highest BCUT2D eigenvalue weighted by Crippen LogP contribution is 2.32. The Kier molecular flexibility index (Phi) is 6.13. The Bertz CT molecular complexity index is 1030. The standard InChI is InChI=1S/C24H26N2O3S/c1-15-8-7-12-19(16(15)2)25-22(27)14-29-24(28)18-10-4-3-9-17(18)23-26-20-11-5-6-13-21(20)30-23/h3-6,9-11,13,15-16,19H,7-8,12,14H2,1-2H3,(H,25,27)/t15-,16+,19-/m0/s1. The van der Waals surface area contributed by atoms with Gasteiger partial charge < -0.3 is 10.1 Å². The van der Waals surface area contributed by atoms with E-state index in [1.165, 1.54) is 17.8 Å². The smallest absolute Gasteiger partial charge is 0.339 e. The second-order valence-corrected chi connectivity index (χ2v) is 9.08. The first-order chi connectivity index (χ1) is 14.5. The molecular formula is C24H26N2O3S. The SMILES string of the molecule is C[C@H]1[C@@H](NC(=O)COC(=O)c2ccccc2-c2nc3ccccc3s2)CCC[C@@H]1C. The molecule has 0 spiro atoms. The minimum atomic E-state index is -0.509. The quantitative estimate of drug-likeness (QED) is 0.584. The molecule has 1 fully saturated rings. The van der Waals surface area contributed by atoms with Crippen molar-refractivity contribution in [3.05, 3.63) is 54.1 Å². The van der Waals surface area contributed by atoms with Crippen LogP contribution in [0, 0.1) is 11.8 Å². The fourth-order valence-corrected chi connectivity index (χ4v) is 5.08. The fourth-order valence-electron chi connectivity index (χ4n) is 4.08. The molecule has 1 N–H and O–H groups in total. The van der Waals surface area contributed by atoms with E-state index in [0.29, 0.717) is 17.4 Å². The van der Waals surface area contributed by atoms with Gasteiger partial charge >= 0.3 is 5.97 Å². The number of rotatable bonds is 5. The monoisotopic (exact) mass is 422 g/mol. The average molecular weight is 423 g/mol. The minimum absolute atomic E-state index is 0.148. The lowest BCUT2D eigenvalue weighted by molar-refractivity contribution is -0.125. The molecule has 1 aromatic heterocycles. The molecule has 3 aromatic rings. The van der Waals surface area contributed by atoms with Crippen LogP contribution in [-0.4, -0.2) is 29.5 Å². The number of hydrogen-bond acceptors (Lipinski definition) is 5. The molecule has 6 heteroatoms. The number of carbonyl (C=O) groups excluding carboxylic acids is 2. The number of carbonyl (C=O) groups is 2. The Morgan fingerprint density at radius 3 is 2.70 bits per heavy atom. The number of hydrogen-bond donors (Lipinski definition) is 1. The van der Waals surface area contributed by atoms with Crippen LogP contribution in [-0.2, 0) is 9.53 Å². The first-order valence-electron chi connectivity index (χ1n) is 10.4. The molecule has 0 saturated heterocycles. The maximum Gasteiger partial charge on any atom is 0.339 e. The summed E-state index contributed by atoms with van der Waals surface area (Å²) in [5.74, 6) is 0.266. The molecule has 3 atom stereocenters. The Morgan fingerprint density at radius 2 is 1.87 bits per heavy atom. The van der Waals surface area contributed by atoms with Gasteiger partial charge in [0, 0.05) is 11.6 Å². The van der Waals surface area contributed by atoms with Gasteiger partial charge in [0.1, 0.15) is 5.01 Å². The van der Waals surface area contributed by atoms with E-state index in [1.807, 2.05) is 36.4 Å². The maximum absolute atomic E-state index is 12.7. The normalized spacial score (nSPS) is 21.3. The van der Waals surface area contributed by atoms with E-state index in [9.17, 15) is 9.59 Å². The number of fused-ring (bicyclic) bond motifs is 1. The Labute approximate surface area is 180 Å². The third kappa shape index (κ3) is 4.38. The molecule has 4 rings (SSSR count). The van der Waals surface area contributed by atoms with Crippen LogP contribution in [0.1, 0.15) is 43.5 Å². The number of nitrogens with zero attached hydrogens (tertiary/aromatic N) is 1. The van der Waals surface area contributed by atoms with Gasteiger partial charge in [0.2, 0.25) is 0 Å². The number of benzene rings is 2. The summed E-state index contributed by atoms with van der Waals surface area (Å²) in [6.45, 7) is 4.13. The van der Waals surface area contributed by atoms with Gasteiger partial charge in [-0.25, -0.2) is 9.78 Å². The summed E-state index contributed by atoms with van der Waals surface area (Å²) in [6, 6.07) is 15.3. The van der Waals surface area contributed by atoms with E-state index in [0.717, 1.165) is 33.6 Å². The van der Waals surface area contributed by atoms with Crippen molar-refractivity contribution in [2.24, 2.45) is 11.8 Å². The molecule has 2 aromatic carbocycles. The number of amides is 1. The van der Waals surface area contributed by atoms with Crippen LogP contribution >= 0.6 is 11.3 Å². The van der Waals surface area contributed by atoms with E-state index in [1.54, 1.807) is 12.1 Å². The number of aromatic nitrogens is 1. The second kappa shape index (κ2) is 8.96. The third-order valence-corrected chi connectivity index (χ3v) is 7.13. The zero-order chi connectivity index (χ0) is 21.1. The number of para-hydroxylation sites is 1. The van der Waals surface area contributed by atoms with Crippen LogP contribution in [0.2, 0.25) is 0 Å². The summed E-state index contributed by atoms with van der Waals surface area (Å²) in [5.41, 5.74) is 2.04. The predicted octanol–water partition coefficient (Wildman–Crippen LogP) is 5.06. The van der Waals surface area contributed by atoms with E-state index >= 15 is 0 Å². The minimum Gasteiger partial charge on any atom is -0.452 e. The van der Waals surface area contributed by atoms with Gasteiger partial charge in [-0.2, -0.15) is 0 Å². The predicted molar refractivity (Wildman–Crippen MR) is 119 cm³/mol. The van der Waals surface area contributed by atoms with Gasteiger partial charge in [0.15, 0.2) is 6.61 Å². The molecule has 30 heavy (non-hydrogen) atoms. The second-order valence-electron chi connectivity index (χ2n) is 8.05. The first kappa shape index (κ1) is 20.5. The van der Waals surface area contributed by atoms with Crippen LogP contribution in [0.4, 0.5) is 0 Å². The fraction of sp³-hybridized carbons (Fsp3) is 0.375. The van der Waals surface area contributed by atoms with Crippen LogP contribution in [0.3, 0.4) is 0 Å². The van der Waals surface area contributed by atoms with Gasteiger partial charge in [0.05, 0.1) is 15.8 Å². The molecule has 1 saturated carbocycles. The lowest BCUT2D eigenvalue weighted by Gasteiger charge is -2.34. The largest absolute Gasteiger partial charge is 0.452 e. The number of esters is 1. The molecule has 1 heterocycles. The molecule has 0 bridgehead atoms. The number of ether oxygens (including phenoxy) is 1. The zero-order valence-electron chi connectivity index (χ0n) is 17.3. The number of thiazole rings is 1. The van der Waals surface area contributed by atoms with Gasteiger partial charge in [-0.05, 0) is 36.5 Å². The van der Waals surface area contributed by atoms with Crippen molar-refractivity contribution in [1.82, 2.24) is 10.3 Å². The van der Waals surface area contributed by atoms with Crippen molar-refractivity contribution >= 4 is 33.4 Å². The molecule has 0 unspecified atom stereocenters. The summed E-state index contributed by atoms with van der Waals surface area (Å²) >= 11 is 1.53. The van der Waals surface area contributed by atoms with Gasteiger partial charge in [-0.3, -0.25) is 4.79 Å². The first-order valence-corrected chi connectivity index (χ1v) is 11.3. The lowest BCUT2D eigenvalue weighted by atomic mass is 9.78. The molecular weight excluding hydrogens is 396 g/mol. The highest BCUT2D eigenvalue weighted by atomic mass is 32.1. The van der Waals surface area contributed by atoms with Gasteiger partial charge in [-0.15, -0.1) is 11.3 Å². The van der Waals surface area contributed by atoms with Crippen LogP contribution in [0.25, 0.3) is 20.8 Å². The Morgan fingerprint density at radius 1 is 1.10 bits per heavy atom. The van der Waals surface area contributed by atoms with E-state index < -0.39 is 5.97 Å². The third-order valence-electron chi connectivity index (χ3n) is 6.06. The van der Waals surface area contributed by atoms with Crippen molar-refractivity contribution in [2.75, 3.05) is 6.61 Å². The molecule has 0 radical (unpaired) electrons. The molecule has 0 aliphatic heterocycles. The molecule has 156 valence electrons. The van der Waals surface area contributed by atoms with Gasteiger partial charge in [-0.1, -0.05) is 57.0 Å². The average Bonchev–Trinajstić information content (AvgIpc) is 3.19. The van der Waals surface area contributed by atoms with Crippen LogP contribution in [0.5, 0.6) is 0 Å². The summed E-state index contributed by atoms with van der Waals surface area (Å²) in [4.78, 5) is 29.8. The Balaban J connectivity index is 1.43. The van der Waals surface area contributed by atoms with Crippen molar-refractivity contribution in [3.8, 4) is 10.6 Å². The van der Waals surface area contributed by atoms with E-state index in [2.05, 4.69) is 24.1 Å². The topological polar surface area (TPSA) is 68.3 Å². The summed E-state index contributed by atoms with van der Waals surface area (Å²) in [5, 5.41) is 3.81. The van der Waals surface area contributed by atoms with Gasteiger partial charge in [0.25, 0.3) is 5.91 Å². The summed E-state index contributed by atoms with van der Waals surface area (Å²) in [7, 11) is 0. The molecule has 5 nitrogen and oxygen atoms in total. The lowest BCUT2D eigenvalue weighted by Crippen LogP contribution is -2.45. The number of nitrogens with one attached hydrogen (secondary N) is 1. The van der Waals surface area contributed by atoms with E-state index in [-0.39, 0.29) is 18.6 Å². The highest BCUT2D eigenvalue weighted by molar-refractivity contribution is 7.21. The van der Waals surface area contributed by atoms with Crippen LogP contribution in [0.15, 0.2) is 48.5 Å². The maximum atomic E-state index is 12.7. The van der Waals surface area contributed by atoms with E-state index in [4.69, 9.17) is 4.74 Å². The van der Waals surface area contributed by atoms with Crippen molar-refractivity contribution in [2.45, 2.75) is 39.2 Å².